The van der Waals surface area contributed by atoms with Gasteiger partial charge in [-0.2, -0.15) is 0 Å². The molecule has 0 aliphatic heterocycles. The van der Waals surface area contributed by atoms with E-state index in [1.54, 1.807) is 17.8 Å². The van der Waals surface area contributed by atoms with Crippen LogP contribution in [0.1, 0.15) is 37.2 Å². The van der Waals surface area contributed by atoms with E-state index in [1.807, 2.05) is 0 Å². The quantitative estimate of drug-likeness (QED) is 0.774. The molecule has 1 aromatic heterocycles. The van der Waals surface area contributed by atoms with Crippen LogP contribution >= 0.6 is 0 Å². The van der Waals surface area contributed by atoms with E-state index >= 15 is 0 Å². The van der Waals surface area contributed by atoms with Gasteiger partial charge in [-0.25, -0.2) is 9.78 Å². The van der Waals surface area contributed by atoms with E-state index < -0.39 is 12.0 Å². The first-order valence-corrected chi connectivity index (χ1v) is 4.97. The number of nitrogens with zero attached hydrogens (tertiary/aromatic N) is 2. The lowest BCUT2D eigenvalue weighted by molar-refractivity contribution is -0.140. The molecule has 14 heavy (non-hydrogen) atoms. The smallest absolute Gasteiger partial charge is 0.326 e. The van der Waals surface area contributed by atoms with Gasteiger partial charge in [0.25, 0.3) is 0 Å². The van der Waals surface area contributed by atoms with Gasteiger partial charge in [-0.05, 0) is 32.6 Å². The summed E-state index contributed by atoms with van der Waals surface area (Å²) in [6.45, 7) is 1.69. The Labute approximate surface area is 82.6 Å². The lowest BCUT2D eigenvalue weighted by Crippen LogP contribution is -2.18. The van der Waals surface area contributed by atoms with Crippen LogP contribution in [0.25, 0.3) is 0 Å². The molecular formula is C10H14N2O2. The Hall–Kier alpha value is -1.32. The molecule has 2 rings (SSSR count). The number of rotatable bonds is 2. The largest absolute Gasteiger partial charge is 0.480 e. The van der Waals surface area contributed by atoms with Gasteiger partial charge in [-0.3, -0.25) is 0 Å². The number of hydrogen-bond acceptors (Lipinski definition) is 2. The summed E-state index contributed by atoms with van der Waals surface area (Å²) in [5.74, 6) is -0.796. The fourth-order valence-corrected chi connectivity index (χ4v) is 1.94. The SMILES string of the molecule is C[C@H](C(=O)O)n1cnc2c1CCCC2. The minimum Gasteiger partial charge on any atom is -0.480 e. The van der Waals surface area contributed by atoms with Crippen LogP contribution in [0.5, 0.6) is 0 Å². The van der Waals surface area contributed by atoms with Gasteiger partial charge in [0.1, 0.15) is 6.04 Å². The number of aromatic nitrogens is 2. The van der Waals surface area contributed by atoms with Gasteiger partial charge in [-0.1, -0.05) is 0 Å². The number of carbonyl (C=O) groups is 1. The van der Waals surface area contributed by atoms with E-state index in [0.717, 1.165) is 30.7 Å². The summed E-state index contributed by atoms with van der Waals surface area (Å²) in [6.07, 6.45) is 5.94. The molecule has 1 N–H and O–H groups in total. The average molecular weight is 194 g/mol. The normalized spacial score (nSPS) is 17.5. The summed E-state index contributed by atoms with van der Waals surface area (Å²) in [5.41, 5.74) is 2.20. The highest BCUT2D eigenvalue weighted by molar-refractivity contribution is 5.71. The molecule has 0 fully saturated rings. The lowest BCUT2D eigenvalue weighted by Gasteiger charge is -2.16. The zero-order chi connectivity index (χ0) is 10.1. The molecule has 1 atom stereocenters. The van der Waals surface area contributed by atoms with E-state index in [4.69, 9.17) is 5.11 Å². The Kier molecular flexibility index (Phi) is 2.27. The molecule has 1 heterocycles. The molecule has 4 nitrogen and oxygen atoms in total. The Balaban J connectivity index is 2.34. The molecule has 0 saturated heterocycles. The molecule has 1 aromatic rings. The van der Waals surface area contributed by atoms with Crippen LogP contribution < -0.4 is 0 Å². The molecule has 0 unspecified atom stereocenters. The first-order chi connectivity index (χ1) is 6.70. The van der Waals surface area contributed by atoms with Gasteiger partial charge in [0.05, 0.1) is 12.0 Å². The van der Waals surface area contributed by atoms with Crippen LogP contribution in [0.4, 0.5) is 0 Å². The molecule has 0 saturated carbocycles. The van der Waals surface area contributed by atoms with Crippen LogP contribution in [-0.4, -0.2) is 20.6 Å². The van der Waals surface area contributed by atoms with Crippen molar-refractivity contribution in [2.24, 2.45) is 0 Å². The number of imidazole rings is 1. The summed E-state index contributed by atoms with van der Waals surface area (Å²) in [5, 5.41) is 8.91. The van der Waals surface area contributed by atoms with Gasteiger partial charge < -0.3 is 9.67 Å². The standard InChI is InChI=1S/C10H14N2O2/c1-7(10(13)14)12-6-11-8-4-2-3-5-9(8)12/h6-7H,2-5H2,1H3,(H,13,14)/t7-/m1/s1. The second-order valence-electron chi connectivity index (χ2n) is 3.77. The Morgan fingerprint density at radius 3 is 3.00 bits per heavy atom. The van der Waals surface area contributed by atoms with Crippen molar-refractivity contribution in [3.8, 4) is 0 Å². The molecule has 1 aliphatic rings. The van der Waals surface area contributed by atoms with Crippen LogP contribution in [0.3, 0.4) is 0 Å². The highest BCUT2D eigenvalue weighted by atomic mass is 16.4. The van der Waals surface area contributed by atoms with Crippen molar-refractivity contribution < 1.29 is 9.90 Å². The predicted molar refractivity (Wildman–Crippen MR) is 51.2 cm³/mol. The third-order valence-corrected chi connectivity index (χ3v) is 2.83. The maximum atomic E-state index is 10.8. The van der Waals surface area contributed by atoms with E-state index in [-0.39, 0.29) is 0 Å². The highest BCUT2D eigenvalue weighted by Crippen LogP contribution is 2.22. The Morgan fingerprint density at radius 1 is 1.57 bits per heavy atom. The number of hydrogen-bond donors (Lipinski definition) is 1. The summed E-state index contributed by atoms with van der Waals surface area (Å²) >= 11 is 0. The first-order valence-electron chi connectivity index (χ1n) is 4.97. The summed E-state index contributed by atoms with van der Waals surface area (Å²) < 4.78 is 1.79. The third-order valence-electron chi connectivity index (χ3n) is 2.83. The van der Waals surface area contributed by atoms with Gasteiger partial charge in [0.2, 0.25) is 0 Å². The van der Waals surface area contributed by atoms with Gasteiger partial charge >= 0.3 is 5.97 Å². The average Bonchev–Trinajstić information content (AvgIpc) is 2.60. The number of fused-ring (bicyclic) bond motifs is 1. The third kappa shape index (κ3) is 1.41. The highest BCUT2D eigenvalue weighted by Gasteiger charge is 2.21. The van der Waals surface area contributed by atoms with E-state index in [1.165, 1.54) is 6.42 Å². The summed E-state index contributed by atoms with van der Waals surface area (Å²) in [4.78, 5) is 15.1. The molecule has 76 valence electrons. The second kappa shape index (κ2) is 3.44. The first kappa shape index (κ1) is 9.24. The van der Waals surface area contributed by atoms with Crippen LogP contribution in [0.15, 0.2) is 6.33 Å². The molecule has 4 heteroatoms. The van der Waals surface area contributed by atoms with Gasteiger partial charge in [0.15, 0.2) is 0 Å². The molecule has 1 aliphatic carbocycles. The van der Waals surface area contributed by atoms with Gasteiger partial charge in [-0.15, -0.1) is 0 Å². The van der Waals surface area contributed by atoms with Gasteiger partial charge in [0, 0.05) is 5.69 Å². The lowest BCUT2D eigenvalue weighted by atomic mass is 10.0. The number of carboxylic acid groups (broad SMARTS) is 1. The van der Waals surface area contributed by atoms with Crippen LogP contribution in [-0.2, 0) is 17.6 Å². The number of aryl methyl sites for hydroxylation is 1. The minimum absolute atomic E-state index is 0.496. The van der Waals surface area contributed by atoms with Crippen molar-refractivity contribution in [3.05, 3.63) is 17.7 Å². The maximum absolute atomic E-state index is 10.8. The Morgan fingerprint density at radius 2 is 2.29 bits per heavy atom. The number of aliphatic carboxylic acids is 1. The van der Waals surface area contributed by atoms with Crippen LogP contribution in [0.2, 0.25) is 0 Å². The fraction of sp³-hybridized carbons (Fsp3) is 0.600. The molecule has 0 amide bonds. The number of carboxylic acids is 1. The minimum atomic E-state index is -0.796. The van der Waals surface area contributed by atoms with Crippen molar-refractivity contribution in [2.75, 3.05) is 0 Å². The molecule has 0 aromatic carbocycles. The molecular weight excluding hydrogens is 180 g/mol. The molecule has 0 bridgehead atoms. The maximum Gasteiger partial charge on any atom is 0.326 e. The summed E-state index contributed by atoms with van der Waals surface area (Å²) in [7, 11) is 0. The topological polar surface area (TPSA) is 55.1 Å². The molecule has 0 radical (unpaired) electrons. The van der Waals surface area contributed by atoms with Crippen molar-refractivity contribution in [1.29, 1.82) is 0 Å². The Bertz CT molecular complexity index is 357. The second-order valence-corrected chi connectivity index (χ2v) is 3.77. The summed E-state index contributed by atoms with van der Waals surface area (Å²) in [6, 6.07) is -0.496. The van der Waals surface area contributed by atoms with E-state index in [9.17, 15) is 4.79 Å². The van der Waals surface area contributed by atoms with Crippen molar-refractivity contribution in [1.82, 2.24) is 9.55 Å². The van der Waals surface area contributed by atoms with E-state index in [2.05, 4.69) is 4.98 Å². The zero-order valence-electron chi connectivity index (χ0n) is 8.23. The monoisotopic (exact) mass is 194 g/mol. The van der Waals surface area contributed by atoms with Crippen molar-refractivity contribution >= 4 is 5.97 Å². The van der Waals surface area contributed by atoms with Crippen molar-refractivity contribution in [3.63, 3.8) is 0 Å². The molecule has 0 spiro atoms. The predicted octanol–water partition coefficient (Wildman–Crippen LogP) is 1.41. The van der Waals surface area contributed by atoms with Crippen LogP contribution in [0, 0.1) is 0 Å². The fourth-order valence-electron chi connectivity index (χ4n) is 1.94. The van der Waals surface area contributed by atoms with Crippen molar-refractivity contribution in [2.45, 2.75) is 38.6 Å². The van der Waals surface area contributed by atoms with E-state index in [0.29, 0.717) is 0 Å². The zero-order valence-corrected chi connectivity index (χ0v) is 8.23.